The summed E-state index contributed by atoms with van der Waals surface area (Å²) in [5.74, 6) is -2.44. The first-order valence-electron chi connectivity index (χ1n) is 7.93. The number of rotatable bonds is 9. The van der Waals surface area contributed by atoms with Gasteiger partial charge in [0.25, 0.3) is 5.69 Å². The van der Waals surface area contributed by atoms with E-state index in [1.54, 1.807) is 6.07 Å². The molecular formula is C17H16Cl2NO8P. The van der Waals surface area contributed by atoms with Gasteiger partial charge < -0.3 is 18.5 Å². The fourth-order valence-corrected chi connectivity index (χ4v) is 4.09. The van der Waals surface area contributed by atoms with Gasteiger partial charge in [0, 0.05) is 31.9 Å². The summed E-state index contributed by atoms with van der Waals surface area (Å²) in [6.45, 7) is -0.623. The molecule has 2 aromatic rings. The average molecular weight is 464 g/mol. The largest absolute Gasteiger partial charge is 0.479 e. The number of hydrogen-bond acceptors (Lipinski definition) is 8. The van der Waals surface area contributed by atoms with Crippen LogP contribution < -0.4 is 4.74 Å². The van der Waals surface area contributed by atoms with Crippen molar-refractivity contribution in [2.75, 3.05) is 20.8 Å². The maximum absolute atomic E-state index is 12.9. The summed E-state index contributed by atoms with van der Waals surface area (Å²) >= 11 is 11.9. The number of halogens is 2. The van der Waals surface area contributed by atoms with E-state index in [9.17, 15) is 19.5 Å². The molecule has 1 atom stereocenters. The van der Waals surface area contributed by atoms with Gasteiger partial charge in [-0.15, -0.1) is 0 Å². The van der Waals surface area contributed by atoms with Crippen LogP contribution in [0.25, 0.3) is 0 Å². The van der Waals surface area contributed by atoms with E-state index in [1.807, 2.05) is 0 Å². The molecule has 0 aromatic heterocycles. The first kappa shape index (κ1) is 23.1. The Morgan fingerprint density at radius 3 is 2.28 bits per heavy atom. The molecule has 0 fully saturated rings. The van der Waals surface area contributed by atoms with Crippen molar-refractivity contribution in [2.45, 2.75) is 5.85 Å². The number of carbonyl (C=O) groups excluding carboxylic acids is 1. The van der Waals surface area contributed by atoms with Crippen molar-refractivity contribution in [1.29, 1.82) is 0 Å². The van der Waals surface area contributed by atoms with Crippen molar-refractivity contribution in [3.63, 3.8) is 0 Å². The van der Waals surface area contributed by atoms with Crippen molar-refractivity contribution in [3.05, 3.63) is 68.2 Å². The van der Waals surface area contributed by atoms with Gasteiger partial charge in [0.2, 0.25) is 5.85 Å². The Balaban J connectivity index is 2.26. The summed E-state index contributed by atoms with van der Waals surface area (Å²) in [4.78, 5) is 22.7. The SMILES string of the molecule is COP(=O)(OC)C(OC(=O)COc1c(Cl)cccc1Cl)c1cccc([N+](=O)[O-])c1. The van der Waals surface area contributed by atoms with Crippen molar-refractivity contribution in [2.24, 2.45) is 0 Å². The number of esters is 1. The van der Waals surface area contributed by atoms with E-state index in [-0.39, 0.29) is 27.0 Å². The zero-order valence-electron chi connectivity index (χ0n) is 15.2. The molecule has 0 saturated carbocycles. The second-order valence-electron chi connectivity index (χ2n) is 5.44. The third kappa shape index (κ3) is 5.68. The molecule has 2 rings (SSSR count). The zero-order chi connectivity index (χ0) is 21.6. The lowest BCUT2D eigenvalue weighted by Crippen LogP contribution is -2.19. The normalized spacial score (nSPS) is 12.3. The molecule has 1 unspecified atom stereocenters. The standard InChI is InChI=1S/C17H16Cl2NO8P/c1-25-29(24,26-2)17(11-5-3-6-12(9-11)20(22)23)28-15(21)10-27-16-13(18)7-4-8-14(16)19/h3-9,17H,10H2,1-2H3. The van der Waals surface area contributed by atoms with Crippen LogP contribution in [0.1, 0.15) is 11.4 Å². The van der Waals surface area contributed by atoms with E-state index in [4.69, 9.17) is 41.7 Å². The van der Waals surface area contributed by atoms with E-state index in [1.165, 1.54) is 30.3 Å². The van der Waals surface area contributed by atoms with E-state index in [0.29, 0.717) is 0 Å². The molecule has 0 aliphatic carbocycles. The highest BCUT2D eigenvalue weighted by atomic mass is 35.5. The van der Waals surface area contributed by atoms with E-state index in [0.717, 1.165) is 20.3 Å². The van der Waals surface area contributed by atoms with Gasteiger partial charge in [-0.2, -0.15) is 0 Å². The molecule has 0 spiro atoms. The lowest BCUT2D eigenvalue weighted by Gasteiger charge is -2.24. The van der Waals surface area contributed by atoms with Crippen LogP contribution in [0.5, 0.6) is 5.75 Å². The fourth-order valence-electron chi connectivity index (χ4n) is 2.28. The minimum atomic E-state index is -4.01. The summed E-state index contributed by atoms with van der Waals surface area (Å²) in [7, 11) is -1.81. The Morgan fingerprint density at radius 1 is 1.14 bits per heavy atom. The number of para-hydroxylation sites is 1. The first-order valence-corrected chi connectivity index (χ1v) is 10.3. The number of hydrogen-bond donors (Lipinski definition) is 0. The number of ether oxygens (including phenoxy) is 2. The van der Waals surface area contributed by atoms with Crippen LogP contribution in [0.4, 0.5) is 5.69 Å². The van der Waals surface area contributed by atoms with E-state index in [2.05, 4.69) is 0 Å². The lowest BCUT2D eigenvalue weighted by molar-refractivity contribution is -0.385. The fraction of sp³-hybridized carbons (Fsp3) is 0.235. The molecule has 0 N–H and O–H groups in total. The molecule has 2 aromatic carbocycles. The van der Waals surface area contributed by atoms with Gasteiger partial charge in [-0.1, -0.05) is 41.4 Å². The highest BCUT2D eigenvalue weighted by Gasteiger charge is 2.39. The number of carbonyl (C=O) groups is 1. The predicted molar refractivity (Wildman–Crippen MR) is 106 cm³/mol. The monoisotopic (exact) mass is 463 g/mol. The summed E-state index contributed by atoms with van der Waals surface area (Å²) in [6, 6.07) is 9.71. The van der Waals surface area contributed by atoms with Crippen LogP contribution in [0.3, 0.4) is 0 Å². The topological polar surface area (TPSA) is 114 Å². The third-order valence-corrected chi connectivity index (χ3v) is 6.25. The molecule has 9 nitrogen and oxygen atoms in total. The molecule has 0 aliphatic heterocycles. The highest BCUT2D eigenvalue weighted by molar-refractivity contribution is 7.54. The second-order valence-corrected chi connectivity index (χ2v) is 8.53. The molecule has 0 aliphatic rings. The number of nitro benzene ring substituents is 1. The maximum Gasteiger partial charge on any atom is 0.375 e. The third-order valence-electron chi connectivity index (χ3n) is 3.66. The van der Waals surface area contributed by atoms with Crippen LogP contribution in [-0.4, -0.2) is 31.7 Å². The molecule has 12 heteroatoms. The van der Waals surface area contributed by atoms with Gasteiger partial charge >= 0.3 is 13.6 Å². The van der Waals surface area contributed by atoms with Gasteiger partial charge in [-0.25, -0.2) is 4.79 Å². The minimum absolute atomic E-state index is 0.0513. The average Bonchev–Trinajstić information content (AvgIpc) is 2.71. The van der Waals surface area contributed by atoms with Gasteiger partial charge in [-0.05, 0) is 12.1 Å². The zero-order valence-corrected chi connectivity index (χ0v) is 17.6. The molecule has 0 heterocycles. The van der Waals surface area contributed by atoms with Gasteiger partial charge in [0.15, 0.2) is 12.4 Å². The lowest BCUT2D eigenvalue weighted by atomic mass is 10.2. The number of benzene rings is 2. The smallest absolute Gasteiger partial charge is 0.375 e. The van der Waals surface area contributed by atoms with Crippen LogP contribution in [0.2, 0.25) is 10.0 Å². The van der Waals surface area contributed by atoms with Crippen LogP contribution in [0.15, 0.2) is 42.5 Å². The maximum atomic E-state index is 12.9. The van der Waals surface area contributed by atoms with Gasteiger partial charge in [-0.3, -0.25) is 14.7 Å². The molecule has 156 valence electrons. The first-order chi connectivity index (χ1) is 13.7. The molecule has 0 amide bonds. The van der Waals surface area contributed by atoms with Crippen molar-refractivity contribution in [1.82, 2.24) is 0 Å². The highest BCUT2D eigenvalue weighted by Crippen LogP contribution is 2.60. The minimum Gasteiger partial charge on any atom is -0.479 e. The summed E-state index contributed by atoms with van der Waals surface area (Å²) in [6.07, 6.45) is 0. The second kappa shape index (κ2) is 10.0. The molecule has 29 heavy (non-hydrogen) atoms. The summed E-state index contributed by atoms with van der Waals surface area (Å²) < 4.78 is 33.2. The Kier molecular flexibility index (Phi) is 8.01. The van der Waals surface area contributed by atoms with Crippen molar-refractivity contribution >= 4 is 42.5 Å². The molecule has 0 radical (unpaired) electrons. The molecular weight excluding hydrogens is 448 g/mol. The number of non-ortho nitro benzene ring substituents is 1. The van der Waals surface area contributed by atoms with Crippen molar-refractivity contribution < 1.29 is 32.8 Å². The Morgan fingerprint density at radius 2 is 1.72 bits per heavy atom. The van der Waals surface area contributed by atoms with Crippen LogP contribution in [-0.2, 0) is 23.1 Å². The Labute approximate surface area is 176 Å². The predicted octanol–water partition coefficient (Wildman–Crippen LogP) is 5.01. The van der Waals surface area contributed by atoms with E-state index < -0.39 is 30.9 Å². The summed E-state index contributed by atoms with van der Waals surface area (Å²) in [5, 5.41) is 11.4. The Hall–Kier alpha value is -2.16. The van der Waals surface area contributed by atoms with Crippen molar-refractivity contribution in [3.8, 4) is 5.75 Å². The Bertz CT molecular complexity index is 927. The number of nitro groups is 1. The summed E-state index contributed by atoms with van der Waals surface area (Å²) in [5.41, 5.74) is -0.239. The molecule has 0 saturated heterocycles. The van der Waals surface area contributed by atoms with Gasteiger partial charge in [0.1, 0.15) is 0 Å². The number of nitrogens with zero attached hydrogens (tertiary/aromatic N) is 1. The molecule has 0 bridgehead atoms. The van der Waals surface area contributed by atoms with Gasteiger partial charge in [0.05, 0.1) is 15.0 Å². The van der Waals surface area contributed by atoms with Crippen LogP contribution >= 0.6 is 30.8 Å². The van der Waals surface area contributed by atoms with Crippen LogP contribution in [0, 0.1) is 10.1 Å². The van der Waals surface area contributed by atoms with E-state index >= 15 is 0 Å². The quantitative estimate of drug-likeness (QED) is 0.220.